The minimum absolute atomic E-state index is 0.273. The number of urea groups is 1. The van der Waals surface area contributed by atoms with Gasteiger partial charge in [0.1, 0.15) is 5.84 Å². The van der Waals surface area contributed by atoms with Crippen LogP contribution in [-0.4, -0.2) is 34.2 Å². The molecule has 1 unspecified atom stereocenters. The van der Waals surface area contributed by atoms with Crippen LogP contribution in [0.4, 0.5) is 4.79 Å². The number of aliphatic imine (C=N–C) groups is 2. The Hall–Kier alpha value is -3.22. The maximum absolute atomic E-state index is 11.9. The second-order valence-electron chi connectivity index (χ2n) is 5.30. The van der Waals surface area contributed by atoms with Gasteiger partial charge >= 0.3 is 6.03 Å². The number of imide groups is 1. The summed E-state index contributed by atoms with van der Waals surface area (Å²) in [4.78, 5) is 31.9. The lowest BCUT2D eigenvalue weighted by Crippen LogP contribution is -2.57. The first-order valence-electron chi connectivity index (χ1n) is 7.15. The van der Waals surface area contributed by atoms with Crippen molar-refractivity contribution in [3.8, 4) is 0 Å². The number of hydrogen-bond donors (Lipinski definition) is 2. The molecule has 2 aromatic rings. The van der Waals surface area contributed by atoms with Crippen LogP contribution >= 0.6 is 0 Å². The monoisotopic (exact) mass is 307 g/mol. The van der Waals surface area contributed by atoms with Crippen LogP contribution in [0.3, 0.4) is 0 Å². The first-order valence-corrected chi connectivity index (χ1v) is 7.15. The fraction of sp³-hybridized carbons (Fsp3) is 0.125. The number of amides is 3. The molecular formula is C16H13N5O2. The van der Waals surface area contributed by atoms with E-state index in [1.54, 1.807) is 0 Å². The number of amidine groups is 2. The SMILES string of the molecule is C=CCn1cc(C2=NC3C(=O)NC(=O)NC3=N2)c2ccccc21. The molecule has 3 heterocycles. The molecule has 2 aliphatic rings. The lowest BCUT2D eigenvalue weighted by atomic mass is 10.1. The van der Waals surface area contributed by atoms with E-state index in [2.05, 4.69) is 27.2 Å². The number of rotatable bonds is 3. The number of nitrogens with zero attached hydrogens (tertiary/aromatic N) is 3. The lowest BCUT2D eigenvalue weighted by Gasteiger charge is -2.16. The normalized spacial score (nSPS) is 19.7. The van der Waals surface area contributed by atoms with E-state index in [4.69, 9.17) is 0 Å². The van der Waals surface area contributed by atoms with Crippen LogP contribution in [0, 0.1) is 0 Å². The minimum atomic E-state index is -0.788. The Kier molecular flexibility index (Phi) is 2.87. The van der Waals surface area contributed by atoms with Crippen molar-refractivity contribution in [2.75, 3.05) is 0 Å². The third kappa shape index (κ3) is 2.05. The highest BCUT2D eigenvalue weighted by atomic mass is 16.2. The van der Waals surface area contributed by atoms with E-state index in [0.717, 1.165) is 16.5 Å². The number of nitrogens with one attached hydrogen (secondary N) is 2. The van der Waals surface area contributed by atoms with Gasteiger partial charge in [-0.2, -0.15) is 0 Å². The molecule has 0 aliphatic carbocycles. The Morgan fingerprint density at radius 1 is 1.26 bits per heavy atom. The molecule has 1 saturated heterocycles. The maximum Gasteiger partial charge on any atom is 0.326 e. The largest absolute Gasteiger partial charge is 0.343 e. The molecule has 114 valence electrons. The van der Waals surface area contributed by atoms with Crippen LogP contribution in [0.15, 0.2) is 53.1 Å². The van der Waals surface area contributed by atoms with E-state index in [0.29, 0.717) is 12.4 Å². The summed E-state index contributed by atoms with van der Waals surface area (Å²) in [5, 5.41) is 5.71. The summed E-state index contributed by atoms with van der Waals surface area (Å²) >= 11 is 0. The van der Waals surface area contributed by atoms with Crippen LogP contribution in [0.1, 0.15) is 5.56 Å². The standard InChI is InChI=1S/C16H13N5O2/c1-2-7-21-8-10(9-5-3-4-6-11(9)21)13-17-12-14(18-13)19-16(23)20-15(12)22/h2-6,8,12H,1,7H2,(H2,17,18,19,20,22,23). The van der Waals surface area contributed by atoms with Crippen molar-refractivity contribution in [3.63, 3.8) is 0 Å². The van der Waals surface area contributed by atoms with Gasteiger partial charge in [0.2, 0.25) is 0 Å². The minimum Gasteiger partial charge on any atom is -0.343 e. The highest BCUT2D eigenvalue weighted by molar-refractivity contribution is 6.28. The molecule has 7 heteroatoms. The van der Waals surface area contributed by atoms with Gasteiger partial charge in [0.15, 0.2) is 11.9 Å². The molecule has 1 atom stereocenters. The Labute approximate surface area is 131 Å². The van der Waals surface area contributed by atoms with Crippen molar-refractivity contribution in [2.24, 2.45) is 9.98 Å². The van der Waals surface area contributed by atoms with Gasteiger partial charge in [-0.05, 0) is 6.07 Å². The Balaban J connectivity index is 1.84. The summed E-state index contributed by atoms with van der Waals surface area (Å²) < 4.78 is 2.04. The zero-order valence-electron chi connectivity index (χ0n) is 12.1. The van der Waals surface area contributed by atoms with E-state index in [-0.39, 0.29) is 5.84 Å². The molecule has 1 aromatic carbocycles. The molecule has 0 radical (unpaired) electrons. The number of carbonyl (C=O) groups is 2. The molecule has 1 aromatic heterocycles. The average molecular weight is 307 g/mol. The molecule has 0 spiro atoms. The first kappa shape index (κ1) is 13.4. The number of fused-ring (bicyclic) bond motifs is 2. The summed E-state index contributed by atoms with van der Waals surface area (Å²) in [7, 11) is 0. The summed E-state index contributed by atoms with van der Waals surface area (Å²) in [6.45, 7) is 4.43. The van der Waals surface area contributed by atoms with Crippen LogP contribution in [0.25, 0.3) is 10.9 Å². The lowest BCUT2D eigenvalue weighted by molar-refractivity contribution is -0.120. The van der Waals surface area contributed by atoms with Crippen molar-refractivity contribution in [2.45, 2.75) is 12.6 Å². The summed E-state index contributed by atoms with van der Waals surface area (Å²) in [6.07, 6.45) is 3.75. The number of para-hydroxylation sites is 1. The molecular weight excluding hydrogens is 294 g/mol. The van der Waals surface area contributed by atoms with E-state index >= 15 is 0 Å². The molecule has 0 bridgehead atoms. The second-order valence-corrected chi connectivity index (χ2v) is 5.30. The van der Waals surface area contributed by atoms with Crippen molar-refractivity contribution in [1.82, 2.24) is 15.2 Å². The number of hydrogen-bond acceptors (Lipinski definition) is 4. The van der Waals surface area contributed by atoms with E-state index < -0.39 is 18.0 Å². The number of allylic oxidation sites excluding steroid dienone is 1. The van der Waals surface area contributed by atoms with Crippen LogP contribution < -0.4 is 10.6 Å². The molecule has 3 amide bonds. The van der Waals surface area contributed by atoms with Gasteiger partial charge in [0.25, 0.3) is 5.91 Å². The van der Waals surface area contributed by atoms with Gasteiger partial charge in [0.05, 0.1) is 0 Å². The van der Waals surface area contributed by atoms with Crippen LogP contribution in [-0.2, 0) is 11.3 Å². The highest BCUT2D eigenvalue weighted by Crippen LogP contribution is 2.25. The number of carbonyl (C=O) groups excluding carboxylic acids is 2. The fourth-order valence-corrected chi connectivity index (χ4v) is 2.84. The predicted molar refractivity (Wildman–Crippen MR) is 86.6 cm³/mol. The first-order chi connectivity index (χ1) is 11.2. The van der Waals surface area contributed by atoms with Crippen LogP contribution in [0.5, 0.6) is 0 Å². The summed E-state index contributed by atoms with van der Waals surface area (Å²) in [5.74, 6) is 0.257. The number of benzene rings is 1. The third-order valence-electron chi connectivity index (χ3n) is 3.82. The molecule has 0 saturated carbocycles. The van der Waals surface area contributed by atoms with E-state index in [9.17, 15) is 9.59 Å². The van der Waals surface area contributed by atoms with Gasteiger partial charge in [-0.1, -0.05) is 24.3 Å². The van der Waals surface area contributed by atoms with Crippen LogP contribution in [0.2, 0.25) is 0 Å². The highest BCUT2D eigenvalue weighted by Gasteiger charge is 2.36. The zero-order valence-corrected chi connectivity index (χ0v) is 12.1. The molecule has 2 aliphatic heterocycles. The van der Waals surface area contributed by atoms with Crippen molar-refractivity contribution < 1.29 is 9.59 Å². The predicted octanol–water partition coefficient (Wildman–Crippen LogP) is 1.19. The van der Waals surface area contributed by atoms with Gasteiger partial charge in [-0.3, -0.25) is 15.4 Å². The maximum atomic E-state index is 11.9. The van der Waals surface area contributed by atoms with Gasteiger partial charge in [-0.15, -0.1) is 6.58 Å². The summed E-state index contributed by atoms with van der Waals surface area (Å²) in [5.41, 5.74) is 1.86. The molecule has 23 heavy (non-hydrogen) atoms. The van der Waals surface area contributed by atoms with E-state index in [1.165, 1.54) is 0 Å². The molecule has 1 fully saturated rings. The van der Waals surface area contributed by atoms with Gasteiger partial charge in [-0.25, -0.2) is 14.8 Å². The van der Waals surface area contributed by atoms with Gasteiger partial charge < -0.3 is 4.57 Å². The van der Waals surface area contributed by atoms with Gasteiger partial charge in [0, 0.05) is 29.2 Å². The smallest absolute Gasteiger partial charge is 0.326 e. The molecule has 4 rings (SSSR count). The number of aromatic nitrogens is 1. The fourth-order valence-electron chi connectivity index (χ4n) is 2.84. The zero-order chi connectivity index (χ0) is 16.0. The third-order valence-corrected chi connectivity index (χ3v) is 3.82. The van der Waals surface area contributed by atoms with Crippen molar-refractivity contribution in [1.29, 1.82) is 0 Å². The molecule has 7 nitrogen and oxygen atoms in total. The average Bonchev–Trinajstić information content (AvgIpc) is 3.10. The summed E-state index contributed by atoms with van der Waals surface area (Å²) in [6, 6.07) is 6.52. The van der Waals surface area contributed by atoms with Crippen molar-refractivity contribution >= 4 is 34.5 Å². The topological polar surface area (TPSA) is 87.8 Å². The van der Waals surface area contributed by atoms with Crippen molar-refractivity contribution in [3.05, 3.63) is 48.7 Å². The molecule has 2 N–H and O–H groups in total. The van der Waals surface area contributed by atoms with E-state index in [1.807, 2.05) is 41.1 Å². The Morgan fingerprint density at radius 3 is 2.91 bits per heavy atom. The quantitative estimate of drug-likeness (QED) is 0.834. The Morgan fingerprint density at radius 2 is 2.09 bits per heavy atom. The Bertz CT molecular complexity index is 922. The second kappa shape index (κ2) is 4.91.